The number of primary amides is 1. The van der Waals surface area contributed by atoms with Gasteiger partial charge in [0.2, 0.25) is 11.8 Å². The smallest absolute Gasteiger partial charge is 0.248 e. The van der Waals surface area contributed by atoms with E-state index in [1.807, 2.05) is 6.07 Å². The maximum absolute atomic E-state index is 12.0. The van der Waals surface area contributed by atoms with Crippen LogP contribution in [0.1, 0.15) is 33.5 Å². The number of carbonyl (C=O) groups is 2. The lowest BCUT2D eigenvalue weighted by Crippen LogP contribution is -2.24. The van der Waals surface area contributed by atoms with Gasteiger partial charge in [-0.1, -0.05) is 18.2 Å². The van der Waals surface area contributed by atoms with Gasteiger partial charge in [0.25, 0.3) is 0 Å². The van der Waals surface area contributed by atoms with Crippen LogP contribution in [0, 0.1) is 0 Å². The molecule has 1 aliphatic rings. The Kier molecular flexibility index (Phi) is 5.20. The van der Waals surface area contributed by atoms with E-state index in [2.05, 4.69) is 23.5 Å². The lowest BCUT2D eigenvalue weighted by atomic mass is 10.1. The van der Waals surface area contributed by atoms with Crippen molar-refractivity contribution in [3.63, 3.8) is 0 Å². The lowest BCUT2D eigenvalue weighted by molar-refractivity contribution is -0.118. The van der Waals surface area contributed by atoms with Gasteiger partial charge in [0.15, 0.2) is 0 Å². The summed E-state index contributed by atoms with van der Waals surface area (Å²) < 4.78 is 0. The van der Waals surface area contributed by atoms with Gasteiger partial charge in [0, 0.05) is 17.0 Å². The molecule has 2 amide bonds. The quantitative estimate of drug-likeness (QED) is 0.794. The molecule has 2 aromatic carbocycles. The van der Waals surface area contributed by atoms with Crippen molar-refractivity contribution in [2.24, 2.45) is 5.73 Å². The molecule has 3 rings (SSSR count). The molecular formula is C19H20N2O2S. The van der Waals surface area contributed by atoms with Crippen LogP contribution in [-0.4, -0.2) is 17.6 Å². The lowest BCUT2D eigenvalue weighted by Gasteiger charge is -2.07. The Labute approximate surface area is 145 Å². The highest BCUT2D eigenvalue weighted by Gasteiger charge is 2.11. The maximum atomic E-state index is 12.0. The van der Waals surface area contributed by atoms with Crippen molar-refractivity contribution in [1.29, 1.82) is 0 Å². The Hall–Kier alpha value is -2.27. The number of nitrogens with one attached hydrogen (secondary N) is 1. The Balaban J connectivity index is 1.49. The summed E-state index contributed by atoms with van der Waals surface area (Å²) >= 11 is 1.55. The molecule has 0 aliphatic heterocycles. The monoisotopic (exact) mass is 340 g/mol. The molecule has 0 radical (unpaired) electrons. The van der Waals surface area contributed by atoms with Gasteiger partial charge in [-0.2, -0.15) is 0 Å². The number of hydrogen-bond acceptors (Lipinski definition) is 3. The van der Waals surface area contributed by atoms with E-state index in [1.165, 1.54) is 24.0 Å². The van der Waals surface area contributed by atoms with Crippen LogP contribution in [0.5, 0.6) is 0 Å². The molecule has 4 nitrogen and oxygen atoms in total. The third-order valence-electron chi connectivity index (χ3n) is 4.14. The highest BCUT2D eigenvalue weighted by atomic mass is 32.2. The molecule has 24 heavy (non-hydrogen) atoms. The van der Waals surface area contributed by atoms with Gasteiger partial charge in [-0.3, -0.25) is 9.59 Å². The van der Waals surface area contributed by atoms with E-state index >= 15 is 0 Å². The normalized spacial score (nSPS) is 12.7. The van der Waals surface area contributed by atoms with E-state index in [1.54, 1.807) is 30.0 Å². The van der Waals surface area contributed by atoms with E-state index in [4.69, 9.17) is 5.73 Å². The molecule has 0 unspecified atom stereocenters. The molecule has 124 valence electrons. The fourth-order valence-corrected chi connectivity index (χ4v) is 3.66. The predicted octanol–water partition coefficient (Wildman–Crippen LogP) is 2.68. The van der Waals surface area contributed by atoms with Gasteiger partial charge in [-0.05, 0) is 60.2 Å². The number of hydrogen-bond donors (Lipinski definition) is 2. The number of carbonyl (C=O) groups excluding carboxylic acids is 2. The summed E-state index contributed by atoms with van der Waals surface area (Å²) in [4.78, 5) is 24.3. The van der Waals surface area contributed by atoms with Crippen LogP contribution in [0.15, 0.2) is 47.4 Å². The Morgan fingerprint density at radius 3 is 2.75 bits per heavy atom. The van der Waals surface area contributed by atoms with Crippen molar-refractivity contribution in [2.75, 3.05) is 5.75 Å². The Morgan fingerprint density at radius 2 is 1.92 bits per heavy atom. The summed E-state index contributed by atoms with van der Waals surface area (Å²) in [5.41, 5.74) is 9.44. The maximum Gasteiger partial charge on any atom is 0.248 e. The summed E-state index contributed by atoms with van der Waals surface area (Å²) in [5.74, 6) is -0.103. The molecular weight excluding hydrogens is 320 g/mol. The minimum Gasteiger partial charge on any atom is -0.366 e. The van der Waals surface area contributed by atoms with Crippen molar-refractivity contribution < 1.29 is 9.59 Å². The van der Waals surface area contributed by atoms with Crippen LogP contribution in [0.3, 0.4) is 0 Å². The molecule has 0 spiro atoms. The Bertz CT molecular complexity index is 774. The summed E-state index contributed by atoms with van der Waals surface area (Å²) in [5, 5.41) is 2.88. The summed E-state index contributed by atoms with van der Waals surface area (Å²) in [6, 6.07) is 13.5. The van der Waals surface area contributed by atoms with E-state index in [0.717, 1.165) is 16.9 Å². The summed E-state index contributed by atoms with van der Waals surface area (Å²) in [6.07, 6.45) is 3.55. The minimum absolute atomic E-state index is 0.0232. The molecule has 0 saturated carbocycles. The average molecular weight is 340 g/mol. The summed E-state index contributed by atoms with van der Waals surface area (Å²) in [7, 11) is 0. The van der Waals surface area contributed by atoms with E-state index in [9.17, 15) is 9.59 Å². The SMILES string of the molecule is NC(=O)c1cccc(CNC(=O)CSc2ccc3c(c2)CCC3)c1. The van der Waals surface area contributed by atoms with Crippen LogP contribution in [0.25, 0.3) is 0 Å². The molecule has 2 aromatic rings. The second-order valence-corrected chi connectivity index (χ2v) is 6.96. The van der Waals surface area contributed by atoms with Crippen LogP contribution in [0.4, 0.5) is 0 Å². The molecule has 0 bridgehead atoms. The second-order valence-electron chi connectivity index (χ2n) is 5.91. The first kappa shape index (κ1) is 16.6. The molecule has 3 N–H and O–H groups in total. The molecule has 1 aliphatic carbocycles. The molecule has 5 heteroatoms. The Morgan fingerprint density at radius 1 is 1.08 bits per heavy atom. The zero-order chi connectivity index (χ0) is 16.9. The number of aryl methyl sites for hydroxylation is 2. The number of benzene rings is 2. The van der Waals surface area contributed by atoms with E-state index < -0.39 is 5.91 Å². The highest BCUT2D eigenvalue weighted by molar-refractivity contribution is 8.00. The number of nitrogens with two attached hydrogens (primary N) is 1. The van der Waals surface area contributed by atoms with Gasteiger partial charge in [0.1, 0.15) is 0 Å². The van der Waals surface area contributed by atoms with Crippen molar-refractivity contribution in [2.45, 2.75) is 30.7 Å². The second kappa shape index (κ2) is 7.53. The van der Waals surface area contributed by atoms with Crippen molar-refractivity contribution in [1.82, 2.24) is 5.32 Å². The first-order chi connectivity index (χ1) is 11.6. The number of thioether (sulfide) groups is 1. The molecule has 0 saturated heterocycles. The van der Waals surface area contributed by atoms with Gasteiger partial charge >= 0.3 is 0 Å². The first-order valence-electron chi connectivity index (χ1n) is 8.02. The van der Waals surface area contributed by atoms with Crippen molar-refractivity contribution in [3.05, 3.63) is 64.7 Å². The zero-order valence-corrected chi connectivity index (χ0v) is 14.2. The first-order valence-corrected chi connectivity index (χ1v) is 9.00. The molecule has 0 fully saturated rings. The topological polar surface area (TPSA) is 72.2 Å². The third kappa shape index (κ3) is 4.17. The van der Waals surface area contributed by atoms with Crippen LogP contribution >= 0.6 is 11.8 Å². The fraction of sp³-hybridized carbons (Fsp3) is 0.263. The van der Waals surface area contributed by atoms with Gasteiger partial charge in [-0.25, -0.2) is 0 Å². The zero-order valence-electron chi connectivity index (χ0n) is 13.4. The van der Waals surface area contributed by atoms with Gasteiger partial charge < -0.3 is 11.1 Å². The number of fused-ring (bicyclic) bond motifs is 1. The van der Waals surface area contributed by atoms with E-state index in [0.29, 0.717) is 17.9 Å². The molecule has 0 aromatic heterocycles. The van der Waals surface area contributed by atoms with Crippen molar-refractivity contribution >= 4 is 23.6 Å². The van der Waals surface area contributed by atoms with Gasteiger partial charge in [-0.15, -0.1) is 11.8 Å². The molecule has 0 heterocycles. The largest absolute Gasteiger partial charge is 0.366 e. The van der Waals surface area contributed by atoms with E-state index in [-0.39, 0.29) is 5.91 Å². The highest BCUT2D eigenvalue weighted by Crippen LogP contribution is 2.27. The predicted molar refractivity (Wildman–Crippen MR) is 96.0 cm³/mol. The average Bonchev–Trinajstić information content (AvgIpc) is 3.06. The minimum atomic E-state index is -0.463. The van der Waals surface area contributed by atoms with Crippen LogP contribution in [-0.2, 0) is 24.2 Å². The fourth-order valence-electron chi connectivity index (χ4n) is 2.87. The standard InChI is InChI=1S/C19H20N2O2S/c20-19(23)16-6-1-3-13(9-16)11-21-18(22)12-24-17-8-7-14-4-2-5-15(14)10-17/h1,3,6-10H,2,4-5,11-12H2,(H2,20,23)(H,21,22). The van der Waals surface area contributed by atoms with Crippen LogP contribution in [0.2, 0.25) is 0 Å². The summed E-state index contributed by atoms with van der Waals surface area (Å²) in [6.45, 7) is 0.394. The number of amides is 2. The van der Waals surface area contributed by atoms with Crippen molar-refractivity contribution in [3.8, 4) is 0 Å². The van der Waals surface area contributed by atoms with Gasteiger partial charge in [0.05, 0.1) is 5.75 Å². The van der Waals surface area contributed by atoms with Crippen LogP contribution < -0.4 is 11.1 Å². The third-order valence-corrected chi connectivity index (χ3v) is 5.13. The number of rotatable bonds is 6. The molecule has 0 atom stereocenters.